The third-order valence-corrected chi connectivity index (χ3v) is 5.54. The zero-order valence-electron chi connectivity index (χ0n) is 13.0. The summed E-state index contributed by atoms with van der Waals surface area (Å²) < 4.78 is 49.5. The first-order valence-corrected chi connectivity index (χ1v) is 9.34. The van der Waals surface area contributed by atoms with E-state index in [9.17, 15) is 22.0 Å². The van der Waals surface area contributed by atoms with E-state index >= 15 is 0 Å². The van der Waals surface area contributed by atoms with Crippen LogP contribution in [-0.4, -0.2) is 36.9 Å². The van der Waals surface area contributed by atoms with Crippen LogP contribution in [0.2, 0.25) is 0 Å². The quantitative estimate of drug-likeness (QED) is 0.865. The molecule has 2 heterocycles. The Kier molecular flexibility index (Phi) is 4.67. The van der Waals surface area contributed by atoms with Crippen LogP contribution in [0, 0.1) is 11.6 Å². The maximum Gasteiger partial charge on any atom is 0.274 e. The van der Waals surface area contributed by atoms with E-state index in [0.717, 1.165) is 12.1 Å². The van der Waals surface area contributed by atoms with Gasteiger partial charge in [-0.1, -0.05) is 0 Å². The molecule has 1 unspecified atom stereocenters. The summed E-state index contributed by atoms with van der Waals surface area (Å²) in [6, 6.07) is 5.65. The molecule has 132 valence electrons. The molecule has 0 aliphatic carbocycles. The molecule has 1 fully saturated rings. The summed E-state index contributed by atoms with van der Waals surface area (Å²) in [4.78, 5) is 16.1. The maximum atomic E-state index is 13.6. The van der Waals surface area contributed by atoms with Gasteiger partial charge in [0.05, 0.1) is 17.2 Å². The molecular formula is C16H15F2N3O3S. The van der Waals surface area contributed by atoms with Gasteiger partial charge in [-0.3, -0.25) is 9.78 Å². The number of anilines is 2. The molecule has 1 amide bonds. The SMILES string of the molecule is O=C(Nc1ccc(F)cc1F)c1cc(NC2CCS(=O)(=O)C2)ccn1. The van der Waals surface area contributed by atoms with Crippen LogP contribution < -0.4 is 10.6 Å². The minimum atomic E-state index is -3.02. The summed E-state index contributed by atoms with van der Waals surface area (Å²) in [5, 5.41) is 5.37. The van der Waals surface area contributed by atoms with E-state index in [1.807, 2.05) is 0 Å². The van der Waals surface area contributed by atoms with Gasteiger partial charge in [0.25, 0.3) is 5.91 Å². The molecular weight excluding hydrogens is 352 g/mol. The number of nitrogens with zero attached hydrogens (tertiary/aromatic N) is 1. The lowest BCUT2D eigenvalue weighted by Gasteiger charge is -2.13. The number of rotatable bonds is 4. The molecule has 3 rings (SSSR count). The Morgan fingerprint density at radius 3 is 2.68 bits per heavy atom. The topological polar surface area (TPSA) is 88.2 Å². The standard InChI is InChI=1S/C16H15F2N3O3S/c17-10-1-2-14(13(18)7-10)21-16(22)15-8-11(3-5-19-15)20-12-4-6-25(23,24)9-12/h1-3,5,7-8,12H,4,6,9H2,(H,19,20)(H,21,22). The number of hydrogen-bond donors (Lipinski definition) is 2. The second-order valence-electron chi connectivity index (χ2n) is 5.75. The van der Waals surface area contributed by atoms with Gasteiger partial charge in [0, 0.05) is 24.0 Å². The molecule has 0 radical (unpaired) electrons. The lowest BCUT2D eigenvalue weighted by Crippen LogP contribution is -2.21. The summed E-state index contributed by atoms with van der Waals surface area (Å²) in [6.07, 6.45) is 1.88. The predicted octanol–water partition coefficient (Wildman–Crippen LogP) is 2.21. The normalized spacial score (nSPS) is 18.7. The van der Waals surface area contributed by atoms with Crippen LogP contribution in [0.25, 0.3) is 0 Å². The first kappa shape index (κ1) is 17.3. The lowest BCUT2D eigenvalue weighted by molar-refractivity contribution is 0.102. The number of halogens is 2. The molecule has 0 bridgehead atoms. The third kappa shape index (κ3) is 4.30. The molecule has 1 saturated heterocycles. The molecule has 25 heavy (non-hydrogen) atoms. The number of amides is 1. The largest absolute Gasteiger partial charge is 0.381 e. The molecule has 9 heteroatoms. The highest BCUT2D eigenvalue weighted by molar-refractivity contribution is 7.91. The van der Waals surface area contributed by atoms with Gasteiger partial charge < -0.3 is 10.6 Å². The summed E-state index contributed by atoms with van der Waals surface area (Å²) in [6.45, 7) is 0. The fourth-order valence-corrected chi connectivity index (χ4v) is 4.24. The zero-order valence-corrected chi connectivity index (χ0v) is 13.8. The Bertz CT molecular complexity index is 919. The minimum Gasteiger partial charge on any atom is -0.381 e. The van der Waals surface area contributed by atoms with Crippen molar-refractivity contribution in [2.75, 3.05) is 22.1 Å². The number of aromatic nitrogens is 1. The smallest absolute Gasteiger partial charge is 0.274 e. The van der Waals surface area contributed by atoms with Crippen LogP contribution in [0.1, 0.15) is 16.9 Å². The van der Waals surface area contributed by atoms with E-state index in [-0.39, 0.29) is 28.9 Å². The number of nitrogens with one attached hydrogen (secondary N) is 2. The van der Waals surface area contributed by atoms with Gasteiger partial charge in [-0.25, -0.2) is 17.2 Å². The highest BCUT2D eigenvalue weighted by Gasteiger charge is 2.27. The Balaban J connectivity index is 1.71. The van der Waals surface area contributed by atoms with E-state index in [0.29, 0.717) is 18.2 Å². The molecule has 1 aromatic carbocycles. The van der Waals surface area contributed by atoms with Gasteiger partial charge in [-0.05, 0) is 30.7 Å². The third-order valence-electron chi connectivity index (χ3n) is 3.78. The van der Waals surface area contributed by atoms with Crippen molar-refractivity contribution in [2.24, 2.45) is 0 Å². The second kappa shape index (κ2) is 6.75. The van der Waals surface area contributed by atoms with Crippen LogP contribution >= 0.6 is 0 Å². The molecule has 0 spiro atoms. The van der Waals surface area contributed by atoms with Crippen molar-refractivity contribution in [1.29, 1.82) is 0 Å². The van der Waals surface area contributed by atoms with Crippen molar-refractivity contribution >= 4 is 27.1 Å². The summed E-state index contributed by atoms with van der Waals surface area (Å²) in [5.74, 6) is -2.12. The Hall–Kier alpha value is -2.55. The summed E-state index contributed by atoms with van der Waals surface area (Å²) in [5.41, 5.74) is 0.407. The molecule has 1 aliphatic rings. The van der Waals surface area contributed by atoms with Crippen LogP contribution in [0.4, 0.5) is 20.2 Å². The van der Waals surface area contributed by atoms with E-state index in [4.69, 9.17) is 0 Å². The Labute approximate surface area is 143 Å². The molecule has 2 N–H and O–H groups in total. The average molecular weight is 367 g/mol. The molecule has 1 aromatic heterocycles. The van der Waals surface area contributed by atoms with Crippen molar-refractivity contribution < 1.29 is 22.0 Å². The molecule has 1 atom stereocenters. The fourth-order valence-electron chi connectivity index (χ4n) is 2.57. The van der Waals surface area contributed by atoms with Crippen molar-refractivity contribution in [3.05, 3.63) is 53.9 Å². The lowest BCUT2D eigenvalue weighted by atomic mass is 10.2. The van der Waals surface area contributed by atoms with Crippen molar-refractivity contribution in [1.82, 2.24) is 4.98 Å². The molecule has 2 aromatic rings. The number of sulfone groups is 1. The Morgan fingerprint density at radius 1 is 1.20 bits per heavy atom. The van der Waals surface area contributed by atoms with E-state index in [1.165, 1.54) is 12.3 Å². The van der Waals surface area contributed by atoms with Crippen LogP contribution in [0.15, 0.2) is 36.5 Å². The number of carbonyl (C=O) groups excluding carboxylic acids is 1. The van der Waals surface area contributed by atoms with Crippen LogP contribution in [0.5, 0.6) is 0 Å². The first-order valence-electron chi connectivity index (χ1n) is 7.52. The van der Waals surface area contributed by atoms with Gasteiger partial charge in [-0.2, -0.15) is 0 Å². The number of hydrogen-bond acceptors (Lipinski definition) is 5. The number of benzene rings is 1. The summed E-state index contributed by atoms with van der Waals surface area (Å²) >= 11 is 0. The van der Waals surface area contributed by atoms with E-state index < -0.39 is 27.4 Å². The minimum absolute atomic E-state index is 0.0228. The fraction of sp³-hybridized carbons (Fsp3) is 0.250. The molecule has 6 nitrogen and oxygen atoms in total. The van der Waals surface area contributed by atoms with Gasteiger partial charge >= 0.3 is 0 Å². The number of pyridine rings is 1. The van der Waals surface area contributed by atoms with E-state index in [2.05, 4.69) is 15.6 Å². The molecule has 1 aliphatic heterocycles. The number of carbonyl (C=O) groups is 1. The average Bonchev–Trinajstić information content (AvgIpc) is 2.89. The van der Waals surface area contributed by atoms with Crippen molar-refractivity contribution in [2.45, 2.75) is 12.5 Å². The van der Waals surface area contributed by atoms with Gasteiger partial charge in [-0.15, -0.1) is 0 Å². The van der Waals surface area contributed by atoms with Gasteiger partial charge in [0.1, 0.15) is 17.3 Å². The first-order chi connectivity index (χ1) is 11.8. The second-order valence-corrected chi connectivity index (χ2v) is 7.98. The Morgan fingerprint density at radius 2 is 2.00 bits per heavy atom. The van der Waals surface area contributed by atoms with Crippen LogP contribution in [-0.2, 0) is 9.84 Å². The highest BCUT2D eigenvalue weighted by atomic mass is 32.2. The van der Waals surface area contributed by atoms with Crippen molar-refractivity contribution in [3.63, 3.8) is 0 Å². The van der Waals surface area contributed by atoms with Gasteiger partial charge in [0.15, 0.2) is 9.84 Å². The van der Waals surface area contributed by atoms with Gasteiger partial charge in [0.2, 0.25) is 0 Å². The van der Waals surface area contributed by atoms with E-state index in [1.54, 1.807) is 6.07 Å². The monoisotopic (exact) mass is 367 g/mol. The predicted molar refractivity (Wildman–Crippen MR) is 89.2 cm³/mol. The summed E-state index contributed by atoms with van der Waals surface area (Å²) in [7, 11) is -3.02. The highest BCUT2D eigenvalue weighted by Crippen LogP contribution is 2.19. The molecule has 0 saturated carbocycles. The van der Waals surface area contributed by atoms with Crippen LogP contribution in [0.3, 0.4) is 0 Å². The maximum absolute atomic E-state index is 13.6. The zero-order chi connectivity index (χ0) is 18.0. The van der Waals surface area contributed by atoms with Crippen molar-refractivity contribution in [3.8, 4) is 0 Å².